The molecule has 0 aromatic rings. The van der Waals surface area contributed by atoms with Crippen LogP contribution in [0.15, 0.2) is 0 Å². The van der Waals surface area contributed by atoms with Gasteiger partial charge in [0.1, 0.15) is 0 Å². The lowest BCUT2D eigenvalue weighted by Gasteiger charge is -1.96. The van der Waals surface area contributed by atoms with E-state index >= 15 is 0 Å². The Morgan fingerprint density at radius 2 is 2.11 bits per heavy atom. The van der Waals surface area contributed by atoms with Crippen molar-refractivity contribution in [2.75, 3.05) is 5.75 Å². The van der Waals surface area contributed by atoms with Crippen molar-refractivity contribution < 1.29 is 0 Å². The molecule has 0 aliphatic heterocycles. The second kappa shape index (κ2) is 6.56. The fraction of sp³-hybridized carbons (Fsp3) is 0.857. The van der Waals surface area contributed by atoms with Crippen molar-refractivity contribution >= 4 is 28.2 Å². The van der Waals surface area contributed by atoms with E-state index in [4.69, 9.17) is 12.2 Å². The molecule has 0 unspecified atom stereocenters. The first kappa shape index (κ1) is 9.44. The normalized spacial score (nSPS) is 9.56. The van der Waals surface area contributed by atoms with Gasteiger partial charge in [0.15, 0.2) is 0 Å². The van der Waals surface area contributed by atoms with Crippen LogP contribution in [0.1, 0.15) is 33.1 Å². The highest BCUT2D eigenvalue weighted by molar-refractivity contribution is 8.23. The number of unbranched alkanes of at least 4 members (excludes halogenated alkanes) is 1. The molecule has 0 bridgehead atoms. The van der Waals surface area contributed by atoms with Gasteiger partial charge in [-0.2, -0.15) is 0 Å². The van der Waals surface area contributed by atoms with Gasteiger partial charge >= 0.3 is 0 Å². The molecule has 0 rings (SSSR count). The van der Waals surface area contributed by atoms with Crippen LogP contribution in [0.4, 0.5) is 0 Å². The van der Waals surface area contributed by atoms with E-state index in [-0.39, 0.29) is 0 Å². The third kappa shape index (κ3) is 6.32. The zero-order valence-electron chi connectivity index (χ0n) is 6.14. The highest BCUT2D eigenvalue weighted by atomic mass is 32.2. The monoisotopic (exact) mass is 162 g/mol. The second-order valence-electron chi connectivity index (χ2n) is 1.93. The molecule has 0 aliphatic carbocycles. The molecule has 0 nitrogen and oxygen atoms in total. The summed E-state index contributed by atoms with van der Waals surface area (Å²) in [6.07, 6.45) is 3.62. The zero-order valence-corrected chi connectivity index (χ0v) is 7.78. The Kier molecular flexibility index (Phi) is 6.88. The van der Waals surface area contributed by atoms with Crippen LogP contribution in [-0.4, -0.2) is 9.95 Å². The molecule has 54 valence electrons. The van der Waals surface area contributed by atoms with Crippen LogP contribution in [0.5, 0.6) is 0 Å². The van der Waals surface area contributed by atoms with Crippen LogP contribution in [-0.2, 0) is 0 Å². The van der Waals surface area contributed by atoms with Gasteiger partial charge in [-0.05, 0) is 18.6 Å². The molecule has 0 heterocycles. The molecule has 0 fully saturated rings. The summed E-state index contributed by atoms with van der Waals surface area (Å²) in [7, 11) is 0. The van der Waals surface area contributed by atoms with Gasteiger partial charge in [0.25, 0.3) is 0 Å². The molecule has 0 N–H and O–H groups in total. The smallest absolute Gasteiger partial charge is 0.0475 e. The fourth-order valence-electron chi connectivity index (χ4n) is 0.432. The summed E-state index contributed by atoms with van der Waals surface area (Å²) < 4.78 is 1.16. The lowest BCUT2D eigenvalue weighted by atomic mass is 10.4. The van der Waals surface area contributed by atoms with Crippen molar-refractivity contribution in [3.8, 4) is 0 Å². The summed E-state index contributed by atoms with van der Waals surface area (Å²) >= 11 is 6.86. The van der Waals surface area contributed by atoms with Crippen LogP contribution in [0, 0.1) is 0 Å². The Hall–Kier alpha value is 0.440. The average molecular weight is 162 g/mol. The van der Waals surface area contributed by atoms with Crippen molar-refractivity contribution in [2.24, 2.45) is 0 Å². The van der Waals surface area contributed by atoms with E-state index in [1.165, 1.54) is 18.6 Å². The van der Waals surface area contributed by atoms with Crippen molar-refractivity contribution in [1.82, 2.24) is 0 Å². The van der Waals surface area contributed by atoms with Gasteiger partial charge in [-0.15, -0.1) is 11.8 Å². The fourth-order valence-corrected chi connectivity index (χ4v) is 1.55. The molecule has 0 saturated heterocycles. The maximum Gasteiger partial charge on any atom is 0.0475 e. The van der Waals surface area contributed by atoms with E-state index in [9.17, 15) is 0 Å². The standard InChI is InChI=1S/C7H14S2/c1-3-5-6-9-7(8)4-2/h3-6H2,1-2H3. The summed E-state index contributed by atoms with van der Waals surface area (Å²) in [6.45, 7) is 4.32. The lowest BCUT2D eigenvalue weighted by Crippen LogP contribution is -1.86. The van der Waals surface area contributed by atoms with Crippen LogP contribution >= 0.6 is 24.0 Å². The number of thioether (sulfide) groups is 1. The Balaban J connectivity index is 2.97. The van der Waals surface area contributed by atoms with E-state index in [0.29, 0.717) is 0 Å². The number of hydrogen-bond donors (Lipinski definition) is 0. The largest absolute Gasteiger partial charge is 0.119 e. The van der Waals surface area contributed by atoms with Gasteiger partial charge in [0.05, 0.1) is 0 Å². The van der Waals surface area contributed by atoms with Gasteiger partial charge in [-0.1, -0.05) is 32.5 Å². The molecule has 0 radical (unpaired) electrons. The number of thiocarbonyl (C=S) groups is 1. The van der Waals surface area contributed by atoms with E-state index in [1.807, 2.05) is 11.8 Å². The highest BCUT2D eigenvalue weighted by Crippen LogP contribution is 2.09. The maximum absolute atomic E-state index is 5.03. The Morgan fingerprint density at radius 3 is 2.56 bits per heavy atom. The molecule has 0 spiro atoms. The quantitative estimate of drug-likeness (QED) is 0.460. The van der Waals surface area contributed by atoms with Crippen molar-refractivity contribution in [3.05, 3.63) is 0 Å². The van der Waals surface area contributed by atoms with Gasteiger partial charge in [0, 0.05) is 4.20 Å². The zero-order chi connectivity index (χ0) is 7.11. The molecular formula is C7H14S2. The minimum atomic E-state index is 1.05. The topological polar surface area (TPSA) is 0 Å². The summed E-state index contributed by atoms with van der Waals surface area (Å²) in [6, 6.07) is 0. The lowest BCUT2D eigenvalue weighted by molar-refractivity contribution is 0.898. The van der Waals surface area contributed by atoms with Gasteiger partial charge in [-0.25, -0.2) is 0 Å². The molecule has 0 aliphatic rings. The second-order valence-corrected chi connectivity index (χ2v) is 3.87. The maximum atomic E-state index is 5.03. The van der Waals surface area contributed by atoms with Crippen molar-refractivity contribution in [3.63, 3.8) is 0 Å². The minimum absolute atomic E-state index is 1.05. The molecule has 0 aromatic heterocycles. The van der Waals surface area contributed by atoms with Crippen molar-refractivity contribution in [2.45, 2.75) is 33.1 Å². The van der Waals surface area contributed by atoms with Crippen molar-refractivity contribution in [1.29, 1.82) is 0 Å². The van der Waals surface area contributed by atoms with Crippen LogP contribution in [0.2, 0.25) is 0 Å². The van der Waals surface area contributed by atoms with Gasteiger partial charge < -0.3 is 0 Å². The molecular weight excluding hydrogens is 148 g/mol. The minimum Gasteiger partial charge on any atom is -0.119 e. The van der Waals surface area contributed by atoms with Gasteiger partial charge in [-0.3, -0.25) is 0 Å². The molecule has 0 amide bonds. The van der Waals surface area contributed by atoms with E-state index < -0.39 is 0 Å². The predicted molar refractivity (Wildman–Crippen MR) is 50.3 cm³/mol. The average Bonchev–Trinajstić information content (AvgIpc) is 1.89. The molecule has 9 heavy (non-hydrogen) atoms. The molecule has 0 atom stereocenters. The number of rotatable bonds is 4. The first-order valence-electron chi connectivity index (χ1n) is 3.46. The Morgan fingerprint density at radius 1 is 1.44 bits per heavy atom. The predicted octanol–water partition coefficient (Wildman–Crippen LogP) is 3.26. The van der Waals surface area contributed by atoms with Crippen LogP contribution < -0.4 is 0 Å². The van der Waals surface area contributed by atoms with E-state index in [0.717, 1.165) is 10.6 Å². The SMILES string of the molecule is CCCCSC(=S)CC. The van der Waals surface area contributed by atoms with Gasteiger partial charge in [0.2, 0.25) is 0 Å². The van der Waals surface area contributed by atoms with E-state index in [2.05, 4.69) is 13.8 Å². The van der Waals surface area contributed by atoms with E-state index in [1.54, 1.807) is 0 Å². The first-order chi connectivity index (χ1) is 4.31. The number of hydrogen-bond acceptors (Lipinski definition) is 2. The molecule has 0 saturated carbocycles. The Bertz CT molecular complexity index is 79.0. The molecule has 0 aromatic carbocycles. The summed E-state index contributed by atoms with van der Waals surface area (Å²) in [5.41, 5.74) is 0. The van der Waals surface area contributed by atoms with Crippen LogP contribution in [0.25, 0.3) is 0 Å². The Labute approximate surface area is 67.4 Å². The summed E-state index contributed by atoms with van der Waals surface area (Å²) in [4.78, 5) is 0. The van der Waals surface area contributed by atoms with Crippen LogP contribution in [0.3, 0.4) is 0 Å². The highest BCUT2D eigenvalue weighted by Gasteiger charge is 1.91. The summed E-state index contributed by atoms with van der Waals surface area (Å²) in [5, 5.41) is 0. The third-order valence-electron chi connectivity index (χ3n) is 1.05. The summed E-state index contributed by atoms with van der Waals surface area (Å²) in [5.74, 6) is 1.21. The third-order valence-corrected chi connectivity index (χ3v) is 2.80. The first-order valence-corrected chi connectivity index (χ1v) is 4.86. The molecule has 2 heteroatoms.